The average Bonchev–Trinajstić information content (AvgIpc) is 3.30. The minimum Gasteiger partial charge on any atom is -0.486 e. The molecule has 186 valence electrons. The van der Waals surface area contributed by atoms with Crippen LogP contribution in [-0.4, -0.2) is 44.4 Å². The van der Waals surface area contributed by atoms with Crippen molar-refractivity contribution in [1.82, 2.24) is 5.48 Å². The fourth-order valence-electron chi connectivity index (χ4n) is 3.92. The van der Waals surface area contributed by atoms with Crippen LogP contribution in [-0.2, 0) is 30.2 Å². The molecule has 0 radical (unpaired) electrons. The van der Waals surface area contributed by atoms with Gasteiger partial charge in [0.1, 0.15) is 30.0 Å². The maximum absolute atomic E-state index is 11.6. The van der Waals surface area contributed by atoms with Gasteiger partial charge in [0.15, 0.2) is 6.61 Å². The standard InChI is InChI=1S/C26H26BNO8/c1-28-36-27(33-17-26(31)32-16-25(29)30)18-10-12-20(13-11-18)35-24-15-14-22-21(24)8-5-9-23(22)34-19-6-3-2-4-7-19/h2-13,24,28H,14-17H2,1H3,(H,29,30). The molecule has 3 aromatic rings. The van der Waals surface area contributed by atoms with E-state index in [0.717, 1.165) is 35.5 Å². The molecule has 0 aliphatic heterocycles. The monoisotopic (exact) mass is 491 g/mol. The van der Waals surface area contributed by atoms with Crippen molar-refractivity contribution in [3.05, 3.63) is 83.9 Å². The first kappa shape index (κ1) is 25.2. The summed E-state index contributed by atoms with van der Waals surface area (Å²) in [5.74, 6) is 0.257. The topological polar surface area (TPSA) is 113 Å². The first-order chi connectivity index (χ1) is 17.5. The molecule has 0 heterocycles. The fourth-order valence-corrected chi connectivity index (χ4v) is 3.92. The number of hydroxylamine groups is 1. The molecule has 10 heteroatoms. The molecule has 1 aliphatic carbocycles. The summed E-state index contributed by atoms with van der Waals surface area (Å²) in [6.45, 7) is -1.19. The van der Waals surface area contributed by atoms with E-state index in [0.29, 0.717) is 11.2 Å². The Bertz CT molecular complexity index is 1170. The quantitative estimate of drug-likeness (QED) is 0.224. The SMILES string of the molecule is CNOB(OCC(=O)OCC(=O)O)c1ccc(OC2CCc3c(Oc4ccccc4)cccc32)cc1. The molecule has 3 aromatic carbocycles. The van der Waals surface area contributed by atoms with Crippen molar-refractivity contribution in [2.24, 2.45) is 0 Å². The van der Waals surface area contributed by atoms with Crippen molar-refractivity contribution in [3.63, 3.8) is 0 Å². The van der Waals surface area contributed by atoms with Crippen molar-refractivity contribution in [1.29, 1.82) is 0 Å². The van der Waals surface area contributed by atoms with Crippen LogP contribution in [0.4, 0.5) is 0 Å². The smallest absolute Gasteiger partial charge is 0.486 e. The van der Waals surface area contributed by atoms with Gasteiger partial charge in [-0.3, -0.25) is 0 Å². The Hall–Kier alpha value is -3.86. The zero-order valence-electron chi connectivity index (χ0n) is 19.7. The van der Waals surface area contributed by atoms with E-state index in [1.54, 1.807) is 31.3 Å². The number of rotatable bonds is 12. The summed E-state index contributed by atoms with van der Waals surface area (Å²) in [6.07, 6.45) is 1.58. The maximum Gasteiger partial charge on any atom is 0.511 e. The number of para-hydroxylation sites is 1. The van der Waals surface area contributed by atoms with Crippen molar-refractivity contribution in [2.75, 3.05) is 20.3 Å². The minimum absolute atomic E-state index is 0.102. The third-order valence-corrected chi connectivity index (χ3v) is 5.51. The molecule has 0 amide bonds. The molecule has 0 aromatic heterocycles. The molecular formula is C26H26BNO8. The molecule has 0 saturated heterocycles. The number of carboxylic acids is 1. The molecular weight excluding hydrogens is 465 g/mol. The number of hydrogen-bond acceptors (Lipinski definition) is 8. The highest BCUT2D eigenvalue weighted by molar-refractivity contribution is 6.61. The summed E-state index contributed by atoms with van der Waals surface area (Å²) in [6, 6.07) is 22.8. The van der Waals surface area contributed by atoms with Crippen molar-refractivity contribution in [3.8, 4) is 17.2 Å². The average molecular weight is 491 g/mol. The van der Waals surface area contributed by atoms with E-state index in [9.17, 15) is 9.59 Å². The van der Waals surface area contributed by atoms with Gasteiger partial charge in [0.2, 0.25) is 0 Å². The largest absolute Gasteiger partial charge is 0.511 e. The highest BCUT2D eigenvalue weighted by atomic mass is 16.7. The minimum atomic E-state index is -1.24. The summed E-state index contributed by atoms with van der Waals surface area (Å²) < 4.78 is 27.7. The number of esters is 1. The highest BCUT2D eigenvalue weighted by Gasteiger charge is 2.28. The van der Waals surface area contributed by atoms with Gasteiger partial charge in [-0.15, -0.1) is 0 Å². The second kappa shape index (κ2) is 12.2. The second-order valence-electron chi connectivity index (χ2n) is 7.97. The zero-order chi connectivity index (χ0) is 25.3. The van der Waals surface area contributed by atoms with Gasteiger partial charge in [0, 0.05) is 12.6 Å². The fraction of sp³-hybridized carbons (Fsp3) is 0.231. The number of carboxylic acid groups (broad SMARTS) is 1. The predicted molar refractivity (Wildman–Crippen MR) is 131 cm³/mol. The number of hydrogen-bond donors (Lipinski definition) is 2. The van der Waals surface area contributed by atoms with Crippen molar-refractivity contribution >= 4 is 24.5 Å². The molecule has 4 rings (SSSR count). The number of nitrogens with one attached hydrogen (secondary N) is 1. The lowest BCUT2D eigenvalue weighted by Crippen LogP contribution is -2.41. The molecule has 1 atom stereocenters. The lowest BCUT2D eigenvalue weighted by Gasteiger charge is -2.17. The van der Waals surface area contributed by atoms with Crippen LogP contribution in [0.1, 0.15) is 23.7 Å². The zero-order valence-corrected chi connectivity index (χ0v) is 19.7. The van der Waals surface area contributed by atoms with Gasteiger partial charge in [-0.05, 0) is 54.2 Å². The Morgan fingerprint density at radius 1 is 0.972 bits per heavy atom. The first-order valence-corrected chi connectivity index (χ1v) is 11.5. The Labute approximate surface area is 209 Å². The summed E-state index contributed by atoms with van der Waals surface area (Å²) in [7, 11) is 0.649. The van der Waals surface area contributed by atoms with Crippen molar-refractivity contribution in [2.45, 2.75) is 18.9 Å². The van der Waals surface area contributed by atoms with Crippen LogP contribution >= 0.6 is 0 Å². The summed E-state index contributed by atoms with van der Waals surface area (Å²) in [5, 5.41) is 8.59. The third-order valence-electron chi connectivity index (χ3n) is 5.51. The van der Waals surface area contributed by atoms with Gasteiger partial charge in [0.05, 0.1) is 0 Å². The van der Waals surface area contributed by atoms with Gasteiger partial charge < -0.3 is 28.7 Å². The van der Waals surface area contributed by atoms with Crippen LogP contribution < -0.4 is 20.4 Å². The van der Waals surface area contributed by atoms with E-state index < -0.39 is 32.3 Å². The number of carbonyl (C=O) groups excluding carboxylic acids is 1. The number of aliphatic carboxylic acids is 1. The third kappa shape index (κ3) is 6.63. The number of fused-ring (bicyclic) bond motifs is 1. The van der Waals surface area contributed by atoms with Gasteiger partial charge in [-0.2, -0.15) is 0 Å². The van der Waals surface area contributed by atoms with Gasteiger partial charge in [0.25, 0.3) is 0 Å². The van der Waals surface area contributed by atoms with Crippen molar-refractivity contribution < 1.29 is 38.3 Å². The molecule has 0 bridgehead atoms. The van der Waals surface area contributed by atoms with E-state index in [1.165, 1.54) is 0 Å². The molecule has 2 N–H and O–H groups in total. The van der Waals surface area contributed by atoms with Crippen LogP contribution in [0.2, 0.25) is 0 Å². The number of ether oxygens (including phenoxy) is 3. The van der Waals surface area contributed by atoms with E-state index in [4.69, 9.17) is 24.0 Å². The Morgan fingerprint density at radius 2 is 1.75 bits per heavy atom. The maximum atomic E-state index is 11.6. The van der Waals surface area contributed by atoms with E-state index in [-0.39, 0.29) is 6.10 Å². The van der Waals surface area contributed by atoms with Crippen LogP contribution in [0.5, 0.6) is 17.2 Å². The molecule has 1 unspecified atom stereocenters. The molecule has 36 heavy (non-hydrogen) atoms. The van der Waals surface area contributed by atoms with Crippen LogP contribution in [0, 0.1) is 0 Å². The molecule has 0 spiro atoms. The van der Waals surface area contributed by atoms with Gasteiger partial charge in [-0.1, -0.05) is 42.5 Å². The van der Waals surface area contributed by atoms with Crippen LogP contribution in [0.3, 0.4) is 0 Å². The summed E-state index contributed by atoms with van der Waals surface area (Å²) >= 11 is 0. The highest BCUT2D eigenvalue weighted by Crippen LogP contribution is 2.40. The second-order valence-corrected chi connectivity index (χ2v) is 7.97. The lowest BCUT2D eigenvalue weighted by molar-refractivity contribution is -0.156. The molecule has 9 nitrogen and oxygen atoms in total. The summed E-state index contributed by atoms with van der Waals surface area (Å²) in [5.41, 5.74) is 5.42. The molecule has 1 aliphatic rings. The molecule has 0 saturated carbocycles. The van der Waals surface area contributed by atoms with Crippen LogP contribution in [0.25, 0.3) is 0 Å². The Balaban J connectivity index is 1.38. The van der Waals surface area contributed by atoms with Crippen LogP contribution in [0.15, 0.2) is 72.8 Å². The van der Waals surface area contributed by atoms with E-state index >= 15 is 0 Å². The first-order valence-electron chi connectivity index (χ1n) is 11.5. The lowest BCUT2D eigenvalue weighted by atomic mass is 9.79. The summed E-state index contributed by atoms with van der Waals surface area (Å²) in [4.78, 5) is 22.2. The number of carbonyl (C=O) groups is 2. The Kier molecular flexibility index (Phi) is 8.56. The van der Waals surface area contributed by atoms with E-state index in [2.05, 4.69) is 16.3 Å². The number of benzene rings is 3. The molecule has 0 fully saturated rings. The Morgan fingerprint density at radius 3 is 2.47 bits per heavy atom. The van der Waals surface area contributed by atoms with Gasteiger partial charge >= 0.3 is 19.1 Å². The normalized spacial score (nSPS) is 14.1. The predicted octanol–water partition coefficient (Wildman–Crippen LogP) is 3.04. The van der Waals surface area contributed by atoms with E-state index in [1.807, 2.05) is 42.5 Å². The van der Waals surface area contributed by atoms with Gasteiger partial charge in [-0.25, -0.2) is 15.1 Å².